The topological polar surface area (TPSA) is 36.7 Å². The first-order valence-corrected chi connectivity index (χ1v) is 8.36. The highest BCUT2D eigenvalue weighted by atomic mass is 16.3. The van der Waals surface area contributed by atoms with Crippen molar-refractivity contribution in [1.29, 1.82) is 0 Å². The molecule has 120 valence electrons. The van der Waals surface area contributed by atoms with Crippen LogP contribution in [0, 0.1) is 6.92 Å². The molecule has 0 atom stereocenters. The number of hydrogen-bond acceptors (Lipinski definition) is 3. The lowest BCUT2D eigenvalue weighted by Gasteiger charge is -2.38. The van der Waals surface area contributed by atoms with E-state index in [1.54, 1.807) is 12.3 Å². The molecule has 2 aliphatic rings. The molecule has 4 rings (SSSR count). The van der Waals surface area contributed by atoms with Gasteiger partial charge in [0.15, 0.2) is 0 Å². The van der Waals surface area contributed by atoms with Gasteiger partial charge in [0.1, 0.15) is 5.76 Å². The van der Waals surface area contributed by atoms with Gasteiger partial charge in [0.05, 0.1) is 11.8 Å². The monoisotopic (exact) mass is 310 g/mol. The second-order valence-corrected chi connectivity index (χ2v) is 6.55. The summed E-state index contributed by atoms with van der Waals surface area (Å²) in [5.74, 6) is 0.814. The minimum Gasteiger partial charge on any atom is -0.469 e. The second kappa shape index (κ2) is 5.85. The molecular weight excluding hydrogens is 288 g/mol. The van der Waals surface area contributed by atoms with Crippen molar-refractivity contribution in [1.82, 2.24) is 9.80 Å². The highest BCUT2D eigenvalue weighted by molar-refractivity contribution is 5.95. The molecule has 0 unspecified atom stereocenters. The molecule has 0 saturated carbocycles. The van der Waals surface area contributed by atoms with E-state index in [0.717, 1.165) is 39.0 Å². The number of carbonyl (C=O) groups excluding carboxylic acids is 1. The van der Waals surface area contributed by atoms with Crippen LogP contribution in [-0.2, 0) is 12.8 Å². The van der Waals surface area contributed by atoms with Gasteiger partial charge in [0.2, 0.25) is 0 Å². The minimum atomic E-state index is 0.102. The molecule has 0 bridgehead atoms. The summed E-state index contributed by atoms with van der Waals surface area (Å²) in [5.41, 5.74) is 3.68. The van der Waals surface area contributed by atoms with Crippen LogP contribution < -0.4 is 0 Å². The molecular formula is C19H22N2O2. The third kappa shape index (κ3) is 2.68. The van der Waals surface area contributed by atoms with Crippen LogP contribution in [0.25, 0.3) is 0 Å². The Kier molecular flexibility index (Phi) is 3.69. The number of hydrogen-bond donors (Lipinski definition) is 0. The van der Waals surface area contributed by atoms with Crippen molar-refractivity contribution < 1.29 is 9.21 Å². The molecule has 1 aromatic heterocycles. The van der Waals surface area contributed by atoms with Crippen molar-refractivity contribution in [3.63, 3.8) is 0 Å². The smallest absolute Gasteiger partial charge is 0.257 e. The van der Waals surface area contributed by atoms with E-state index in [2.05, 4.69) is 29.2 Å². The Balaban J connectivity index is 1.37. The van der Waals surface area contributed by atoms with Gasteiger partial charge in [-0.25, -0.2) is 0 Å². The fraction of sp³-hybridized carbons (Fsp3) is 0.421. The summed E-state index contributed by atoms with van der Waals surface area (Å²) in [7, 11) is 0. The Hall–Kier alpha value is -2.07. The molecule has 1 aliphatic carbocycles. The highest BCUT2D eigenvalue weighted by Gasteiger charge is 2.31. The van der Waals surface area contributed by atoms with Crippen LogP contribution in [0.15, 0.2) is 41.0 Å². The van der Waals surface area contributed by atoms with Gasteiger partial charge in [-0.15, -0.1) is 0 Å². The third-order valence-electron chi connectivity index (χ3n) is 5.24. The number of furan rings is 1. The van der Waals surface area contributed by atoms with Crippen LogP contribution in [0.5, 0.6) is 0 Å². The number of carbonyl (C=O) groups is 1. The van der Waals surface area contributed by atoms with Gasteiger partial charge in [-0.1, -0.05) is 24.3 Å². The lowest BCUT2D eigenvalue weighted by molar-refractivity contribution is 0.0574. The average molecular weight is 310 g/mol. The third-order valence-corrected chi connectivity index (χ3v) is 5.24. The molecule has 4 heteroatoms. The van der Waals surface area contributed by atoms with Gasteiger partial charge in [-0.2, -0.15) is 0 Å². The van der Waals surface area contributed by atoms with Gasteiger partial charge in [-0.05, 0) is 37.0 Å². The standard InChI is InChI=1S/C19H22N2O2/c1-14-18(6-11-23-14)19(22)21-9-7-20(8-10-21)17-12-15-4-2-3-5-16(15)13-17/h2-6,11,17H,7-10,12-13H2,1H3. The van der Waals surface area contributed by atoms with Crippen LogP contribution in [0.3, 0.4) is 0 Å². The normalized spacial score (nSPS) is 19.1. The van der Waals surface area contributed by atoms with E-state index in [1.165, 1.54) is 11.1 Å². The molecule has 1 saturated heterocycles. The second-order valence-electron chi connectivity index (χ2n) is 6.55. The maximum atomic E-state index is 12.5. The van der Waals surface area contributed by atoms with Crippen LogP contribution >= 0.6 is 0 Å². The van der Waals surface area contributed by atoms with Crippen LogP contribution in [0.2, 0.25) is 0 Å². The first-order chi connectivity index (χ1) is 11.2. The van der Waals surface area contributed by atoms with Gasteiger partial charge < -0.3 is 9.32 Å². The summed E-state index contributed by atoms with van der Waals surface area (Å²) >= 11 is 0. The van der Waals surface area contributed by atoms with E-state index in [1.807, 2.05) is 11.8 Å². The molecule has 1 fully saturated rings. The van der Waals surface area contributed by atoms with E-state index in [4.69, 9.17) is 4.42 Å². The summed E-state index contributed by atoms with van der Waals surface area (Å²) < 4.78 is 5.26. The predicted molar refractivity (Wildman–Crippen MR) is 88.6 cm³/mol. The highest BCUT2D eigenvalue weighted by Crippen LogP contribution is 2.26. The summed E-state index contributed by atoms with van der Waals surface area (Å²) in [4.78, 5) is 17.0. The predicted octanol–water partition coefficient (Wildman–Crippen LogP) is 2.51. The lowest BCUT2D eigenvalue weighted by atomic mass is 10.1. The van der Waals surface area contributed by atoms with Gasteiger partial charge in [0, 0.05) is 32.2 Å². The molecule has 2 heterocycles. The molecule has 0 spiro atoms. The molecule has 1 aromatic carbocycles. The zero-order chi connectivity index (χ0) is 15.8. The van der Waals surface area contributed by atoms with Crippen molar-refractivity contribution >= 4 is 5.91 Å². The summed E-state index contributed by atoms with van der Waals surface area (Å²) in [6, 6.07) is 11.1. The van der Waals surface area contributed by atoms with Gasteiger partial charge >= 0.3 is 0 Å². The SMILES string of the molecule is Cc1occc1C(=O)N1CCN(C2Cc3ccccc3C2)CC1. The number of amides is 1. The molecule has 23 heavy (non-hydrogen) atoms. The van der Waals surface area contributed by atoms with E-state index in [9.17, 15) is 4.79 Å². The van der Waals surface area contributed by atoms with E-state index in [-0.39, 0.29) is 5.91 Å². The quantitative estimate of drug-likeness (QED) is 0.855. The fourth-order valence-corrected chi connectivity index (χ4v) is 3.86. The molecule has 0 N–H and O–H groups in total. The maximum Gasteiger partial charge on any atom is 0.257 e. The molecule has 4 nitrogen and oxygen atoms in total. The first kappa shape index (κ1) is 14.5. The number of piperazine rings is 1. The summed E-state index contributed by atoms with van der Waals surface area (Å²) in [5, 5.41) is 0. The minimum absolute atomic E-state index is 0.102. The number of benzene rings is 1. The Morgan fingerprint density at radius 2 is 1.70 bits per heavy atom. The Morgan fingerprint density at radius 3 is 2.26 bits per heavy atom. The Labute approximate surface area is 136 Å². The lowest BCUT2D eigenvalue weighted by Crippen LogP contribution is -2.52. The van der Waals surface area contributed by atoms with E-state index >= 15 is 0 Å². The zero-order valence-corrected chi connectivity index (χ0v) is 13.5. The molecule has 1 amide bonds. The van der Waals surface area contributed by atoms with Crippen LogP contribution in [0.4, 0.5) is 0 Å². The van der Waals surface area contributed by atoms with Crippen molar-refractivity contribution in [2.75, 3.05) is 26.2 Å². The first-order valence-electron chi connectivity index (χ1n) is 8.36. The largest absolute Gasteiger partial charge is 0.469 e. The maximum absolute atomic E-state index is 12.5. The number of aryl methyl sites for hydroxylation is 1. The van der Waals surface area contributed by atoms with Crippen LogP contribution in [-0.4, -0.2) is 47.9 Å². The number of fused-ring (bicyclic) bond motifs is 1. The van der Waals surface area contributed by atoms with Crippen molar-refractivity contribution in [3.05, 3.63) is 59.0 Å². The van der Waals surface area contributed by atoms with Gasteiger partial charge in [-0.3, -0.25) is 9.69 Å². The number of nitrogens with zero attached hydrogens (tertiary/aromatic N) is 2. The van der Waals surface area contributed by atoms with E-state index in [0.29, 0.717) is 17.4 Å². The summed E-state index contributed by atoms with van der Waals surface area (Å²) in [6.45, 7) is 5.37. The number of rotatable bonds is 2. The average Bonchev–Trinajstić information content (AvgIpc) is 3.20. The molecule has 2 aromatic rings. The van der Waals surface area contributed by atoms with Gasteiger partial charge in [0.25, 0.3) is 5.91 Å². The Morgan fingerprint density at radius 1 is 1.04 bits per heavy atom. The molecule has 0 radical (unpaired) electrons. The van der Waals surface area contributed by atoms with E-state index < -0.39 is 0 Å². The van der Waals surface area contributed by atoms with Crippen molar-refractivity contribution in [2.45, 2.75) is 25.8 Å². The van der Waals surface area contributed by atoms with Crippen molar-refractivity contribution in [3.8, 4) is 0 Å². The van der Waals surface area contributed by atoms with Crippen LogP contribution in [0.1, 0.15) is 27.2 Å². The summed E-state index contributed by atoms with van der Waals surface area (Å²) in [6.07, 6.45) is 3.88. The fourth-order valence-electron chi connectivity index (χ4n) is 3.86. The van der Waals surface area contributed by atoms with Crippen molar-refractivity contribution in [2.24, 2.45) is 0 Å². The molecule has 1 aliphatic heterocycles. The zero-order valence-electron chi connectivity index (χ0n) is 13.5. The Bertz CT molecular complexity index is 689.